The van der Waals surface area contributed by atoms with Crippen molar-refractivity contribution in [3.63, 3.8) is 0 Å². The first kappa shape index (κ1) is 24.3. The fourth-order valence-electron chi connectivity index (χ4n) is 2.72. The summed E-state index contributed by atoms with van der Waals surface area (Å²) in [4.78, 5) is 12.8. The Hall–Kier alpha value is -2.01. The van der Waals surface area contributed by atoms with Crippen LogP contribution in [-0.4, -0.2) is 43.4 Å². The van der Waals surface area contributed by atoms with Crippen molar-refractivity contribution in [2.24, 2.45) is 0 Å². The molecule has 2 N–H and O–H groups in total. The van der Waals surface area contributed by atoms with Crippen LogP contribution in [0.4, 0.5) is 5.69 Å². The zero-order valence-electron chi connectivity index (χ0n) is 16.9. The number of nitrogens with one attached hydrogen (secondary N) is 2. The minimum atomic E-state index is -3.53. The van der Waals surface area contributed by atoms with Crippen LogP contribution in [-0.2, 0) is 10.0 Å². The van der Waals surface area contributed by atoms with Crippen LogP contribution in [0, 0.1) is 0 Å². The Morgan fingerprint density at radius 3 is 2.30 bits per heavy atom. The quantitative estimate of drug-likeness (QED) is 0.518. The van der Waals surface area contributed by atoms with E-state index in [-0.39, 0.29) is 10.0 Å². The molecule has 162 valence electrons. The fourth-order valence-corrected chi connectivity index (χ4v) is 4.75. The first-order valence-electron chi connectivity index (χ1n) is 9.37. The molecule has 0 saturated carbocycles. The van der Waals surface area contributed by atoms with E-state index in [2.05, 4.69) is 26.6 Å². The summed E-state index contributed by atoms with van der Waals surface area (Å²) in [6.07, 6.45) is 0. The molecule has 2 aromatic carbocycles. The topological polar surface area (TPSA) is 87.7 Å². The van der Waals surface area contributed by atoms with Crippen molar-refractivity contribution < 1.29 is 17.9 Å². The van der Waals surface area contributed by atoms with Gasteiger partial charge in [-0.25, -0.2) is 8.42 Å². The van der Waals surface area contributed by atoms with E-state index in [0.717, 1.165) is 4.47 Å². The molecule has 0 unspecified atom stereocenters. The molecule has 10 heteroatoms. The second-order valence-electron chi connectivity index (χ2n) is 6.10. The van der Waals surface area contributed by atoms with Crippen LogP contribution in [0.25, 0.3) is 0 Å². The number of hydrogen-bond acceptors (Lipinski definition) is 5. The number of ether oxygens (including phenoxy) is 1. The van der Waals surface area contributed by atoms with Crippen LogP contribution in [0.1, 0.15) is 31.1 Å². The Morgan fingerprint density at radius 2 is 1.73 bits per heavy atom. The standard InChI is InChI=1S/C20H24BrN3O4S2/c1-4-24(5-2)30(26,27)16-10-8-15(9-11-16)22-20(29)23-19(25)17-13-14(21)7-12-18(17)28-6-3/h7-13H,4-6H2,1-3H3,(H2,22,23,25,29). The Bertz CT molecular complexity index is 1010. The molecule has 0 radical (unpaired) electrons. The van der Waals surface area contributed by atoms with Gasteiger partial charge in [-0.1, -0.05) is 29.8 Å². The molecule has 7 nitrogen and oxygen atoms in total. The zero-order chi connectivity index (χ0) is 22.3. The molecule has 0 aromatic heterocycles. The lowest BCUT2D eigenvalue weighted by molar-refractivity contribution is 0.0974. The summed E-state index contributed by atoms with van der Waals surface area (Å²) in [5, 5.41) is 5.57. The normalized spacial score (nSPS) is 11.2. The van der Waals surface area contributed by atoms with Crippen molar-refractivity contribution in [2.45, 2.75) is 25.7 Å². The van der Waals surface area contributed by atoms with E-state index in [1.807, 2.05) is 6.92 Å². The summed E-state index contributed by atoms with van der Waals surface area (Å²) in [6.45, 7) is 6.64. The molecule has 0 aliphatic rings. The molecule has 0 heterocycles. The Balaban J connectivity index is 2.09. The maximum absolute atomic E-state index is 12.6. The molecule has 2 rings (SSSR count). The number of carbonyl (C=O) groups excluding carboxylic acids is 1. The lowest BCUT2D eigenvalue weighted by Crippen LogP contribution is -2.34. The second-order valence-corrected chi connectivity index (χ2v) is 9.36. The molecule has 0 fully saturated rings. The molecule has 30 heavy (non-hydrogen) atoms. The highest BCUT2D eigenvalue weighted by Crippen LogP contribution is 2.23. The minimum absolute atomic E-state index is 0.0850. The third-order valence-corrected chi connectivity index (χ3v) is 6.93. The maximum Gasteiger partial charge on any atom is 0.261 e. The maximum atomic E-state index is 12.6. The van der Waals surface area contributed by atoms with Crippen molar-refractivity contribution in [3.05, 3.63) is 52.5 Å². The van der Waals surface area contributed by atoms with Crippen molar-refractivity contribution in [1.29, 1.82) is 0 Å². The fraction of sp³-hybridized carbons (Fsp3) is 0.300. The minimum Gasteiger partial charge on any atom is -0.493 e. The molecule has 1 amide bonds. The van der Waals surface area contributed by atoms with Gasteiger partial charge in [0.1, 0.15) is 5.75 Å². The first-order valence-corrected chi connectivity index (χ1v) is 12.0. The SMILES string of the molecule is CCOc1ccc(Br)cc1C(=O)NC(=S)Nc1ccc(S(=O)(=O)N(CC)CC)cc1. The number of nitrogens with zero attached hydrogens (tertiary/aromatic N) is 1. The van der Waals surface area contributed by atoms with E-state index in [9.17, 15) is 13.2 Å². The highest BCUT2D eigenvalue weighted by Gasteiger charge is 2.21. The molecule has 0 bridgehead atoms. The van der Waals surface area contributed by atoms with Crippen molar-refractivity contribution in [1.82, 2.24) is 9.62 Å². The Morgan fingerprint density at radius 1 is 1.10 bits per heavy atom. The number of amides is 1. The van der Waals surface area contributed by atoms with E-state index < -0.39 is 15.9 Å². The monoisotopic (exact) mass is 513 g/mol. The molecule has 0 atom stereocenters. The van der Waals surface area contributed by atoms with E-state index in [1.54, 1.807) is 44.2 Å². The van der Waals surface area contributed by atoms with Gasteiger partial charge in [0.25, 0.3) is 5.91 Å². The predicted octanol–water partition coefficient (Wildman–Crippen LogP) is 4.01. The lowest BCUT2D eigenvalue weighted by Gasteiger charge is -2.18. The summed E-state index contributed by atoms with van der Waals surface area (Å²) in [5.41, 5.74) is 0.897. The predicted molar refractivity (Wildman–Crippen MR) is 126 cm³/mol. The number of thiocarbonyl (C=S) groups is 1. The van der Waals surface area contributed by atoms with Crippen LogP contribution in [0.2, 0.25) is 0 Å². The molecule has 2 aromatic rings. The Labute approximate surface area is 191 Å². The number of sulfonamides is 1. The highest BCUT2D eigenvalue weighted by molar-refractivity contribution is 9.10. The number of benzene rings is 2. The van der Waals surface area contributed by atoms with Gasteiger partial charge in [-0.15, -0.1) is 0 Å². The lowest BCUT2D eigenvalue weighted by atomic mass is 10.2. The highest BCUT2D eigenvalue weighted by atomic mass is 79.9. The first-order chi connectivity index (χ1) is 14.2. The number of rotatable bonds is 8. The second kappa shape index (κ2) is 10.9. The smallest absolute Gasteiger partial charge is 0.261 e. The average molecular weight is 514 g/mol. The summed E-state index contributed by atoms with van der Waals surface area (Å²) in [6, 6.07) is 11.3. The van der Waals surface area contributed by atoms with E-state index in [1.165, 1.54) is 16.4 Å². The molecular formula is C20H24BrN3O4S2. The summed E-state index contributed by atoms with van der Waals surface area (Å²) in [5.74, 6) is 0.0324. The van der Waals surface area contributed by atoms with Gasteiger partial charge in [0.15, 0.2) is 5.11 Å². The van der Waals surface area contributed by atoms with Crippen LogP contribution >= 0.6 is 28.1 Å². The zero-order valence-corrected chi connectivity index (χ0v) is 20.2. The molecule has 0 spiro atoms. The van der Waals surface area contributed by atoms with Gasteiger partial charge in [0.2, 0.25) is 10.0 Å². The van der Waals surface area contributed by atoms with Crippen molar-refractivity contribution in [2.75, 3.05) is 25.0 Å². The molecule has 0 aliphatic carbocycles. The average Bonchev–Trinajstić information content (AvgIpc) is 2.70. The van der Waals surface area contributed by atoms with Gasteiger partial charge in [-0.05, 0) is 61.6 Å². The van der Waals surface area contributed by atoms with Crippen molar-refractivity contribution >= 4 is 54.9 Å². The molecule has 0 saturated heterocycles. The number of carbonyl (C=O) groups is 1. The van der Waals surface area contributed by atoms with E-state index in [0.29, 0.717) is 36.7 Å². The molecular weight excluding hydrogens is 490 g/mol. The summed E-state index contributed by atoms with van der Waals surface area (Å²) >= 11 is 8.56. The van der Waals surface area contributed by atoms with Gasteiger partial charge in [-0.3, -0.25) is 10.1 Å². The number of hydrogen-bond donors (Lipinski definition) is 2. The number of halogens is 1. The van der Waals surface area contributed by atoms with Gasteiger partial charge in [-0.2, -0.15) is 4.31 Å². The largest absolute Gasteiger partial charge is 0.493 e. The van der Waals surface area contributed by atoms with Crippen LogP contribution < -0.4 is 15.4 Å². The van der Waals surface area contributed by atoms with E-state index >= 15 is 0 Å². The molecule has 0 aliphatic heterocycles. The Kier molecular flexibility index (Phi) is 8.78. The summed E-state index contributed by atoms with van der Waals surface area (Å²) in [7, 11) is -3.53. The van der Waals surface area contributed by atoms with Gasteiger partial charge in [0.05, 0.1) is 17.1 Å². The van der Waals surface area contributed by atoms with Crippen LogP contribution in [0.5, 0.6) is 5.75 Å². The summed E-state index contributed by atoms with van der Waals surface area (Å²) < 4.78 is 32.7. The van der Waals surface area contributed by atoms with Gasteiger partial charge >= 0.3 is 0 Å². The van der Waals surface area contributed by atoms with Crippen LogP contribution in [0.3, 0.4) is 0 Å². The van der Waals surface area contributed by atoms with Crippen molar-refractivity contribution in [3.8, 4) is 5.75 Å². The van der Waals surface area contributed by atoms with Gasteiger partial charge < -0.3 is 10.1 Å². The third-order valence-electron chi connectivity index (χ3n) is 4.17. The van der Waals surface area contributed by atoms with Crippen LogP contribution in [0.15, 0.2) is 51.8 Å². The van der Waals surface area contributed by atoms with E-state index in [4.69, 9.17) is 17.0 Å². The third kappa shape index (κ3) is 6.00. The number of anilines is 1. The van der Waals surface area contributed by atoms with Gasteiger partial charge in [0, 0.05) is 23.2 Å².